The minimum Gasteiger partial charge on any atom is -0.412 e. The first-order valence-corrected chi connectivity index (χ1v) is 14.3. The molecule has 9 nitrogen and oxygen atoms in total. The summed E-state index contributed by atoms with van der Waals surface area (Å²) < 4.78 is 8.35. The number of aromatic nitrogens is 4. The standard InChI is InChI=1S/C20H32N5O4SSi/c1-11(2)17(27)23-19-22-16-15(18(28)24-19)21-10-25(16)14-8-12(13(9-26)30-14)29-31(6,7)20(3,4)5/h8,10-14,26H,9H2,1-7H3,(H2,22,23,24,27,28)/t12-,13+,14+/m0/s1. The number of carbonyl (C=O) groups excluding carboxylic acids is 1. The van der Waals surface area contributed by atoms with Gasteiger partial charge in [0.05, 0.1) is 29.7 Å². The van der Waals surface area contributed by atoms with Gasteiger partial charge in [-0.1, -0.05) is 34.6 Å². The van der Waals surface area contributed by atoms with E-state index >= 15 is 0 Å². The van der Waals surface area contributed by atoms with E-state index in [1.165, 1.54) is 0 Å². The van der Waals surface area contributed by atoms with Crippen molar-refractivity contribution in [1.82, 2.24) is 19.5 Å². The van der Waals surface area contributed by atoms with Crippen molar-refractivity contribution in [2.45, 2.75) is 69.5 Å². The highest BCUT2D eigenvalue weighted by Gasteiger charge is 2.45. The third-order valence-electron chi connectivity index (χ3n) is 5.92. The number of hydrogen-bond acceptors (Lipinski definition) is 7. The van der Waals surface area contributed by atoms with Crippen LogP contribution >= 0.6 is 11.8 Å². The average molecular weight is 467 g/mol. The number of amides is 1. The maximum atomic E-state index is 12.5. The van der Waals surface area contributed by atoms with Gasteiger partial charge >= 0.3 is 0 Å². The Morgan fingerprint density at radius 2 is 2.10 bits per heavy atom. The quantitative estimate of drug-likeness (QED) is 0.560. The Labute approximate surface area is 187 Å². The summed E-state index contributed by atoms with van der Waals surface area (Å²) in [5, 5.41) is 12.3. The van der Waals surface area contributed by atoms with Gasteiger partial charge in [-0.3, -0.25) is 19.9 Å². The first-order chi connectivity index (χ1) is 14.3. The molecule has 11 heteroatoms. The molecule has 1 radical (unpaired) electrons. The Balaban J connectivity index is 1.90. The van der Waals surface area contributed by atoms with Crippen molar-refractivity contribution < 1.29 is 14.3 Å². The molecule has 1 fully saturated rings. The van der Waals surface area contributed by atoms with E-state index in [1.807, 2.05) is 6.42 Å². The molecule has 3 heterocycles. The van der Waals surface area contributed by atoms with E-state index in [0.29, 0.717) is 5.65 Å². The van der Waals surface area contributed by atoms with Crippen molar-refractivity contribution >= 4 is 43.1 Å². The van der Waals surface area contributed by atoms with Gasteiger partial charge < -0.3 is 14.1 Å². The zero-order chi connectivity index (χ0) is 23.1. The topological polar surface area (TPSA) is 122 Å². The molecular weight excluding hydrogens is 434 g/mol. The minimum atomic E-state index is -2.04. The van der Waals surface area contributed by atoms with Crippen molar-refractivity contribution in [3.63, 3.8) is 0 Å². The SMILES string of the molecule is CC(C)C(=O)Nc1nc2c(ncn2[C@H]2[CH][C@H](O[Si](C)(C)C(C)(C)C)[C@@H](CO)S2)c(=O)[nH]1. The van der Waals surface area contributed by atoms with Gasteiger partial charge in [0, 0.05) is 12.3 Å². The second kappa shape index (κ2) is 8.68. The molecule has 1 aliphatic heterocycles. The molecule has 1 saturated heterocycles. The number of hydrogen-bond donors (Lipinski definition) is 3. The number of carbonyl (C=O) groups is 1. The van der Waals surface area contributed by atoms with E-state index in [1.54, 1.807) is 36.5 Å². The zero-order valence-corrected chi connectivity index (χ0v) is 20.9. The van der Waals surface area contributed by atoms with E-state index in [9.17, 15) is 14.7 Å². The number of thioether (sulfide) groups is 1. The van der Waals surface area contributed by atoms with Crippen LogP contribution in [0.1, 0.15) is 40.0 Å². The van der Waals surface area contributed by atoms with Crippen LogP contribution in [0.2, 0.25) is 18.1 Å². The summed E-state index contributed by atoms with van der Waals surface area (Å²) in [6.45, 7) is 14.4. The molecule has 0 bridgehead atoms. The third kappa shape index (κ3) is 4.89. The number of anilines is 1. The average Bonchev–Trinajstić information content (AvgIpc) is 3.24. The van der Waals surface area contributed by atoms with E-state index in [-0.39, 0.29) is 51.7 Å². The molecule has 171 valence electrons. The number of aromatic amines is 1. The summed E-state index contributed by atoms with van der Waals surface area (Å²) >= 11 is 1.55. The molecule has 2 aromatic rings. The van der Waals surface area contributed by atoms with Crippen molar-refractivity contribution in [2.24, 2.45) is 5.92 Å². The number of imidazole rings is 1. The molecule has 3 atom stereocenters. The number of nitrogens with zero attached hydrogens (tertiary/aromatic N) is 3. The van der Waals surface area contributed by atoms with Gasteiger partial charge in [-0.15, -0.1) is 11.8 Å². The highest BCUT2D eigenvalue weighted by molar-refractivity contribution is 8.00. The molecule has 31 heavy (non-hydrogen) atoms. The molecule has 0 saturated carbocycles. The summed E-state index contributed by atoms with van der Waals surface area (Å²) in [4.78, 5) is 35.7. The monoisotopic (exact) mass is 466 g/mol. The van der Waals surface area contributed by atoms with Crippen LogP contribution in [0.3, 0.4) is 0 Å². The van der Waals surface area contributed by atoms with Gasteiger partial charge in [-0.2, -0.15) is 4.98 Å². The minimum absolute atomic E-state index is 0.0205. The Hall–Kier alpha value is -1.69. The lowest BCUT2D eigenvalue weighted by Crippen LogP contribution is -2.46. The van der Waals surface area contributed by atoms with Crippen LogP contribution in [0.4, 0.5) is 5.95 Å². The zero-order valence-electron chi connectivity index (χ0n) is 19.1. The second-order valence-corrected chi connectivity index (χ2v) is 15.8. The van der Waals surface area contributed by atoms with Crippen molar-refractivity contribution in [1.29, 1.82) is 0 Å². The summed E-state index contributed by atoms with van der Waals surface area (Å²) in [6.07, 6.45) is 3.39. The first-order valence-electron chi connectivity index (χ1n) is 10.4. The van der Waals surface area contributed by atoms with Gasteiger partial charge in [-0.05, 0) is 18.1 Å². The lowest BCUT2D eigenvalue weighted by molar-refractivity contribution is -0.118. The normalized spacial score (nSPS) is 22.4. The van der Waals surface area contributed by atoms with E-state index in [0.717, 1.165) is 0 Å². The Kier molecular flexibility index (Phi) is 6.71. The molecule has 1 amide bonds. The molecule has 0 aliphatic carbocycles. The van der Waals surface area contributed by atoms with E-state index < -0.39 is 13.9 Å². The predicted octanol–water partition coefficient (Wildman–Crippen LogP) is 2.92. The number of nitrogens with one attached hydrogen (secondary N) is 2. The van der Waals surface area contributed by atoms with Crippen LogP contribution in [0.25, 0.3) is 11.2 Å². The number of rotatable bonds is 6. The molecule has 1 aliphatic rings. The van der Waals surface area contributed by atoms with Crippen molar-refractivity contribution in [3.05, 3.63) is 23.1 Å². The number of H-pyrrole nitrogens is 1. The van der Waals surface area contributed by atoms with Crippen molar-refractivity contribution in [3.8, 4) is 0 Å². The predicted molar refractivity (Wildman–Crippen MR) is 125 cm³/mol. The largest absolute Gasteiger partial charge is 0.412 e. The Bertz CT molecular complexity index is 1010. The maximum absolute atomic E-state index is 12.5. The molecule has 3 rings (SSSR count). The number of aliphatic hydroxyl groups excluding tert-OH is 1. The lowest BCUT2D eigenvalue weighted by atomic mass is 10.2. The van der Waals surface area contributed by atoms with Crippen LogP contribution in [-0.4, -0.2) is 56.8 Å². The fourth-order valence-corrected chi connectivity index (χ4v) is 5.61. The van der Waals surface area contributed by atoms with Crippen LogP contribution < -0.4 is 10.9 Å². The fourth-order valence-electron chi connectivity index (χ4n) is 2.96. The van der Waals surface area contributed by atoms with Gasteiger partial charge in [-0.25, -0.2) is 4.98 Å². The third-order valence-corrected chi connectivity index (χ3v) is 11.8. The number of aliphatic hydroxyl groups is 1. The van der Waals surface area contributed by atoms with Gasteiger partial charge in [0.2, 0.25) is 11.9 Å². The van der Waals surface area contributed by atoms with E-state index in [4.69, 9.17) is 4.43 Å². The van der Waals surface area contributed by atoms with Crippen molar-refractivity contribution in [2.75, 3.05) is 11.9 Å². The van der Waals surface area contributed by atoms with E-state index in [2.05, 4.69) is 54.1 Å². The van der Waals surface area contributed by atoms with Crippen LogP contribution in [0.15, 0.2) is 11.1 Å². The summed E-state index contributed by atoms with van der Waals surface area (Å²) in [7, 11) is -2.04. The van der Waals surface area contributed by atoms with Crippen LogP contribution in [0, 0.1) is 12.3 Å². The Morgan fingerprint density at radius 3 is 2.68 bits per heavy atom. The maximum Gasteiger partial charge on any atom is 0.280 e. The highest BCUT2D eigenvalue weighted by atomic mass is 32.2. The molecule has 0 unspecified atom stereocenters. The second-order valence-electron chi connectivity index (χ2n) is 9.67. The molecular formula is C20H32N5O4SSi. The molecule has 0 spiro atoms. The van der Waals surface area contributed by atoms with Gasteiger partial charge in [0.1, 0.15) is 0 Å². The lowest BCUT2D eigenvalue weighted by Gasteiger charge is -2.39. The number of fused-ring (bicyclic) bond motifs is 1. The summed E-state index contributed by atoms with van der Waals surface area (Å²) in [6, 6.07) is 0. The molecule has 3 N–H and O–H groups in total. The van der Waals surface area contributed by atoms with Gasteiger partial charge in [0.15, 0.2) is 19.5 Å². The van der Waals surface area contributed by atoms with Crippen LogP contribution in [-0.2, 0) is 9.22 Å². The summed E-state index contributed by atoms with van der Waals surface area (Å²) in [5.74, 6) is -0.393. The van der Waals surface area contributed by atoms with Crippen LogP contribution in [0.5, 0.6) is 0 Å². The molecule has 0 aromatic carbocycles. The van der Waals surface area contributed by atoms with Gasteiger partial charge in [0.25, 0.3) is 5.56 Å². The molecule has 2 aromatic heterocycles. The Morgan fingerprint density at radius 1 is 1.42 bits per heavy atom. The highest BCUT2D eigenvalue weighted by Crippen LogP contribution is 2.46. The first kappa shape index (κ1) is 24.0. The summed E-state index contributed by atoms with van der Waals surface area (Å²) in [5.41, 5.74) is 0.158. The smallest absolute Gasteiger partial charge is 0.280 e. The fraction of sp³-hybridized carbons (Fsp3) is 0.650.